The van der Waals surface area contributed by atoms with E-state index < -0.39 is 11.9 Å². The van der Waals surface area contributed by atoms with E-state index >= 15 is 0 Å². The van der Waals surface area contributed by atoms with Gasteiger partial charge in [-0.25, -0.2) is 4.39 Å². The summed E-state index contributed by atoms with van der Waals surface area (Å²) in [6, 6.07) is 2.91. The predicted octanol–water partition coefficient (Wildman–Crippen LogP) is 2.95. The van der Waals surface area contributed by atoms with Gasteiger partial charge in [-0.3, -0.25) is 4.98 Å². The van der Waals surface area contributed by atoms with Crippen LogP contribution in [-0.2, 0) is 4.74 Å². The summed E-state index contributed by atoms with van der Waals surface area (Å²) < 4.78 is 19.8. The van der Waals surface area contributed by atoms with Crippen LogP contribution in [-0.4, -0.2) is 33.8 Å². The third-order valence-electron chi connectivity index (χ3n) is 4.45. The van der Waals surface area contributed by atoms with Crippen LogP contribution in [0.5, 0.6) is 0 Å². The number of hydrogen-bond acceptors (Lipinski definition) is 4. The van der Waals surface area contributed by atoms with E-state index in [1.807, 2.05) is 11.8 Å². The molecule has 1 N–H and O–H groups in total. The Morgan fingerprint density at radius 2 is 2.25 bits per heavy atom. The highest BCUT2D eigenvalue weighted by molar-refractivity contribution is 7.99. The normalized spacial score (nSPS) is 27.4. The summed E-state index contributed by atoms with van der Waals surface area (Å²) in [5.74, 6) is 1.85. The number of thioether (sulfide) groups is 1. The Labute approximate surface area is 122 Å². The molecule has 5 heteroatoms. The molecule has 0 amide bonds. The number of hydrogen-bond donors (Lipinski definition) is 1. The largest absolute Gasteiger partial charge is 0.386 e. The van der Waals surface area contributed by atoms with Gasteiger partial charge in [0, 0.05) is 12.8 Å². The van der Waals surface area contributed by atoms with E-state index in [1.165, 1.54) is 12.3 Å². The van der Waals surface area contributed by atoms with Crippen LogP contribution in [0.15, 0.2) is 18.3 Å². The average Bonchev–Trinajstić information content (AvgIpc) is 2.48. The molecular weight excluding hydrogens is 277 g/mol. The van der Waals surface area contributed by atoms with Crippen LogP contribution >= 0.6 is 11.8 Å². The molecule has 0 saturated carbocycles. The molecule has 0 aromatic carbocycles. The van der Waals surface area contributed by atoms with Crippen LogP contribution in [0.2, 0.25) is 0 Å². The minimum absolute atomic E-state index is 0.0382. The molecule has 3 heterocycles. The Morgan fingerprint density at radius 3 is 3.00 bits per heavy atom. The van der Waals surface area contributed by atoms with E-state index in [-0.39, 0.29) is 17.2 Å². The number of aliphatic hydroxyl groups is 1. The number of aromatic nitrogens is 1. The van der Waals surface area contributed by atoms with E-state index in [9.17, 15) is 9.50 Å². The van der Waals surface area contributed by atoms with E-state index in [0.29, 0.717) is 6.61 Å². The summed E-state index contributed by atoms with van der Waals surface area (Å²) in [7, 11) is 0. The van der Waals surface area contributed by atoms with Crippen molar-refractivity contribution in [1.29, 1.82) is 0 Å². The lowest BCUT2D eigenvalue weighted by Crippen LogP contribution is -2.44. The first-order valence-corrected chi connectivity index (χ1v) is 8.36. The predicted molar refractivity (Wildman–Crippen MR) is 77.1 cm³/mol. The van der Waals surface area contributed by atoms with Crippen molar-refractivity contribution in [3.8, 4) is 0 Å². The second-order valence-corrected chi connectivity index (χ2v) is 6.94. The second-order valence-electron chi connectivity index (χ2n) is 5.71. The molecule has 2 unspecified atom stereocenters. The van der Waals surface area contributed by atoms with Gasteiger partial charge < -0.3 is 9.84 Å². The molecule has 0 aliphatic carbocycles. The van der Waals surface area contributed by atoms with Gasteiger partial charge >= 0.3 is 0 Å². The third-order valence-corrected chi connectivity index (χ3v) is 5.43. The van der Waals surface area contributed by atoms with Crippen molar-refractivity contribution in [3.05, 3.63) is 29.8 Å². The Hall–Kier alpha value is -0.650. The SMILES string of the molecule is OC(c1ncccc1F)C1CCOC2(CCSCC2)C1. The van der Waals surface area contributed by atoms with Crippen LogP contribution < -0.4 is 0 Å². The number of halogens is 1. The van der Waals surface area contributed by atoms with Crippen LogP contribution in [0.1, 0.15) is 37.5 Å². The van der Waals surface area contributed by atoms with Crippen molar-refractivity contribution < 1.29 is 14.2 Å². The van der Waals surface area contributed by atoms with Crippen LogP contribution in [0.4, 0.5) is 4.39 Å². The molecule has 2 aliphatic heterocycles. The van der Waals surface area contributed by atoms with Crippen molar-refractivity contribution in [2.45, 2.75) is 37.4 Å². The van der Waals surface area contributed by atoms with Gasteiger partial charge in [0.05, 0.1) is 5.60 Å². The minimum atomic E-state index is -0.827. The number of aliphatic hydroxyl groups excluding tert-OH is 1. The van der Waals surface area contributed by atoms with E-state index in [1.54, 1.807) is 6.07 Å². The fourth-order valence-corrected chi connectivity index (χ4v) is 4.50. The molecule has 0 bridgehead atoms. The zero-order chi connectivity index (χ0) is 14.0. The average molecular weight is 297 g/mol. The van der Waals surface area contributed by atoms with Crippen molar-refractivity contribution in [3.63, 3.8) is 0 Å². The van der Waals surface area contributed by atoms with E-state index in [4.69, 9.17) is 4.74 Å². The molecule has 1 aromatic rings. The maximum Gasteiger partial charge on any atom is 0.147 e. The molecule has 110 valence electrons. The standard InChI is InChI=1S/C15H20FNO2S/c16-12-2-1-6-17-13(12)14(18)11-3-7-19-15(10-11)4-8-20-9-5-15/h1-2,6,11,14,18H,3-5,7-10H2. The fourth-order valence-electron chi connectivity index (χ4n) is 3.27. The first kappa shape index (κ1) is 14.3. The summed E-state index contributed by atoms with van der Waals surface area (Å²) in [4.78, 5) is 4.02. The highest BCUT2D eigenvalue weighted by atomic mass is 32.2. The lowest BCUT2D eigenvalue weighted by atomic mass is 9.78. The van der Waals surface area contributed by atoms with Crippen molar-refractivity contribution in [1.82, 2.24) is 4.98 Å². The summed E-state index contributed by atoms with van der Waals surface area (Å²) in [6.07, 6.45) is 4.36. The number of nitrogens with zero attached hydrogens (tertiary/aromatic N) is 1. The van der Waals surface area contributed by atoms with Gasteiger partial charge in [0.1, 0.15) is 17.6 Å². The molecule has 2 fully saturated rings. The monoisotopic (exact) mass is 297 g/mol. The summed E-state index contributed by atoms with van der Waals surface area (Å²) in [5.41, 5.74) is 0.0835. The number of pyridine rings is 1. The molecule has 1 spiro atoms. The molecule has 1 aromatic heterocycles. The molecule has 2 aliphatic rings. The van der Waals surface area contributed by atoms with Gasteiger partial charge in [-0.05, 0) is 55.2 Å². The number of ether oxygens (including phenoxy) is 1. The summed E-state index contributed by atoms with van der Waals surface area (Å²) in [6.45, 7) is 0.654. The van der Waals surface area contributed by atoms with Gasteiger partial charge in [-0.15, -0.1) is 0 Å². The quantitative estimate of drug-likeness (QED) is 0.911. The van der Waals surface area contributed by atoms with Crippen LogP contribution in [0, 0.1) is 11.7 Å². The molecule has 3 nitrogen and oxygen atoms in total. The first-order valence-electron chi connectivity index (χ1n) is 7.20. The molecule has 2 saturated heterocycles. The van der Waals surface area contributed by atoms with Gasteiger partial charge in [-0.1, -0.05) is 0 Å². The Bertz CT molecular complexity index is 459. The van der Waals surface area contributed by atoms with Gasteiger partial charge in [0.25, 0.3) is 0 Å². The molecule has 3 rings (SSSR count). The fraction of sp³-hybridized carbons (Fsp3) is 0.667. The minimum Gasteiger partial charge on any atom is -0.386 e. The highest BCUT2D eigenvalue weighted by Gasteiger charge is 2.41. The van der Waals surface area contributed by atoms with Gasteiger partial charge in [0.15, 0.2) is 0 Å². The molecule has 20 heavy (non-hydrogen) atoms. The summed E-state index contributed by atoms with van der Waals surface area (Å²) in [5, 5.41) is 10.5. The maximum atomic E-state index is 13.8. The number of rotatable bonds is 2. The van der Waals surface area contributed by atoms with Crippen LogP contribution in [0.25, 0.3) is 0 Å². The third kappa shape index (κ3) is 2.85. The summed E-state index contributed by atoms with van der Waals surface area (Å²) >= 11 is 1.96. The van der Waals surface area contributed by atoms with Gasteiger partial charge in [-0.2, -0.15) is 11.8 Å². The Balaban J connectivity index is 1.75. The molecular formula is C15H20FNO2S. The lowest BCUT2D eigenvalue weighted by Gasteiger charge is -2.44. The smallest absolute Gasteiger partial charge is 0.147 e. The molecule has 0 radical (unpaired) electrons. The van der Waals surface area contributed by atoms with E-state index in [2.05, 4.69) is 4.98 Å². The van der Waals surface area contributed by atoms with Crippen molar-refractivity contribution in [2.75, 3.05) is 18.1 Å². The van der Waals surface area contributed by atoms with E-state index in [0.717, 1.165) is 37.2 Å². The Morgan fingerprint density at radius 1 is 1.45 bits per heavy atom. The van der Waals surface area contributed by atoms with Crippen molar-refractivity contribution >= 4 is 11.8 Å². The highest BCUT2D eigenvalue weighted by Crippen LogP contribution is 2.43. The van der Waals surface area contributed by atoms with Crippen LogP contribution in [0.3, 0.4) is 0 Å². The Kier molecular flexibility index (Phi) is 4.29. The zero-order valence-electron chi connectivity index (χ0n) is 11.4. The first-order chi connectivity index (χ1) is 9.70. The zero-order valence-corrected chi connectivity index (χ0v) is 12.2. The topological polar surface area (TPSA) is 42.4 Å². The molecule has 2 atom stereocenters. The van der Waals surface area contributed by atoms with Gasteiger partial charge in [0.2, 0.25) is 0 Å². The maximum absolute atomic E-state index is 13.8. The lowest BCUT2D eigenvalue weighted by molar-refractivity contribution is -0.122. The van der Waals surface area contributed by atoms with Crippen molar-refractivity contribution in [2.24, 2.45) is 5.92 Å². The second kappa shape index (κ2) is 6.00.